The largest absolute Gasteiger partial charge is 0.476 e. The van der Waals surface area contributed by atoms with Gasteiger partial charge in [-0.25, -0.2) is 9.37 Å². The third-order valence-electron chi connectivity index (χ3n) is 2.93. The van der Waals surface area contributed by atoms with Crippen molar-refractivity contribution in [2.75, 3.05) is 6.61 Å². The molecule has 0 unspecified atom stereocenters. The van der Waals surface area contributed by atoms with E-state index in [0.29, 0.717) is 0 Å². The van der Waals surface area contributed by atoms with E-state index in [1.807, 2.05) is 0 Å². The van der Waals surface area contributed by atoms with Crippen molar-refractivity contribution < 1.29 is 22.3 Å². The normalized spacial score (nSPS) is 11.9. The van der Waals surface area contributed by atoms with Crippen LogP contribution in [0.1, 0.15) is 12.7 Å². The van der Waals surface area contributed by atoms with Crippen LogP contribution in [0.4, 0.5) is 17.6 Å². The molecule has 0 spiro atoms. The van der Waals surface area contributed by atoms with Gasteiger partial charge in [0, 0.05) is 18.0 Å². The van der Waals surface area contributed by atoms with Crippen molar-refractivity contribution in [1.82, 2.24) is 24.6 Å². The second-order valence-corrected chi connectivity index (χ2v) is 4.47. The van der Waals surface area contributed by atoms with E-state index < -0.39 is 17.8 Å². The van der Waals surface area contributed by atoms with Crippen molar-refractivity contribution in [2.45, 2.75) is 13.1 Å². The van der Waals surface area contributed by atoms with Crippen molar-refractivity contribution in [3.8, 4) is 17.1 Å². The first-order chi connectivity index (χ1) is 10.9. The summed E-state index contributed by atoms with van der Waals surface area (Å²) in [6.07, 6.45) is -1.21. The molecule has 3 aromatic heterocycles. The molecule has 0 N–H and O–H groups in total. The molecule has 0 aromatic carbocycles. The zero-order valence-corrected chi connectivity index (χ0v) is 11.7. The van der Waals surface area contributed by atoms with E-state index in [9.17, 15) is 17.6 Å². The Morgan fingerprint density at radius 3 is 2.61 bits per heavy atom. The van der Waals surface area contributed by atoms with E-state index in [2.05, 4.69) is 20.2 Å². The van der Waals surface area contributed by atoms with Gasteiger partial charge in [0.1, 0.15) is 0 Å². The molecule has 0 saturated carbocycles. The molecule has 120 valence electrons. The second-order valence-electron chi connectivity index (χ2n) is 4.47. The van der Waals surface area contributed by atoms with Crippen molar-refractivity contribution in [2.24, 2.45) is 0 Å². The van der Waals surface area contributed by atoms with Gasteiger partial charge in [-0.15, -0.1) is 10.2 Å². The van der Waals surface area contributed by atoms with Crippen LogP contribution in [-0.2, 0) is 6.18 Å². The Balaban J connectivity index is 2.08. The summed E-state index contributed by atoms with van der Waals surface area (Å²) in [5.74, 6) is -2.10. The van der Waals surface area contributed by atoms with Gasteiger partial charge in [0.15, 0.2) is 11.5 Å². The molecule has 0 aliphatic carbocycles. The molecule has 0 amide bonds. The van der Waals surface area contributed by atoms with Gasteiger partial charge >= 0.3 is 6.18 Å². The highest BCUT2D eigenvalue weighted by molar-refractivity contribution is 5.59. The summed E-state index contributed by atoms with van der Waals surface area (Å²) in [5, 5.41) is 6.49. The zero-order valence-electron chi connectivity index (χ0n) is 11.7. The minimum Gasteiger partial charge on any atom is -0.476 e. The smallest absolute Gasteiger partial charge is 0.452 e. The topological polar surface area (TPSA) is 65.2 Å². The van der Waals surface area contributed by atoms with Crippen molar-refractivity contribution >= 4 is 5.65 Å². The molecule has 0 radical (unpaired) electrons. The SMILES string of the molecule is CCOc1ncc(-c2cn3c(C(F)(F)F)nnc3cn2)cc1F. The first-order valence-corrected chi connectivity index (χ1v) is 6.47. The highest BCUT2D eigenvalue weighted by atomic mass is 19.4. The number of nitrogens with zero attached hydrogens (tertiary/aromatic N) is 5. The number of ether oxygens (including phenoxy) is 1. The van der Waals surface area contributed by atoms with Gasteiger partial charge in [-0.05, 0) is 13.0 Å². The van der Waals surface area contributed by atoms with E-state index in [4.69, 9.17) is 4.74 Å². The Labute approximate surface area is 126 Å². The first-order valence-electron chi connectivity index (χ1n) is 6.47. The third kappa shape index (κ3) is 2.79. The highest BCUT2D eigenvalue weighted by Gasteiger charge is 2.37. The Hall–Kier alpha value is -2.78. The maximum Gasteiger partial charge on any atom is 0.452 e. The van der Waals surface area contributed by atoms with E-state index in [0.717, 1.165) is 22.9 Å². The molecule has 6 nitrogen and oxygen atoms in total. The molecule has 23 heavy (non-hydrogen) atoms. The number of rotatable bonds is 3. The Kier molecular flexibility index (Phi) is 3.58. The van der Waals surface area contributed by atoms with Crippen molar-refractivity contribution in [3.63, 3.8) is 0 Å². The first kappa shape index (κ1) is 15.1. The fourth-order valence-electron chi connectivity index (χ4n) is 1.95. The lowest BCUT2D eigenvalue weighted by Crippen LogP contribution is -2.11. The van der Waals surface area contributed by atoms with Crippen LogP contribution in [-0.4, -0.2) is 31.2 Å². The average molecular weight is 327 g/mol. The number of aromatic nitrogens is 5. The lowest BCUT2D eigenvalue weighted by atomic mass is 10.2. The van der Waals surface area contributed by atoms with Crippen LogP contribution in [0.2, 0.25) is 0 Å². The molecule has 0 aliphatic rings. The van der Waals surface area contributed by atoms with Crippen molar-refractivity contribution in [1.29, 1.82) is 0 Å². The van der Waals surface area contributed by atoms with Gasteiger partial charge in [-0.3, -0.25) is 9.38 Å². The lowest BCUT2D eigenvalue weighted by Gasteiger charge is -2.07. The Bertz CT molecular complexity index is 861. The van der Waals surface area contributed by atoms with Crippen LogP contribution >= 0.6 is 0 Å². The van der Waals surface area contributed by atoms with Gasteiger partial charge in [0.2, 0.25) is 11.7 Å². The maximum atomic E-state index is 13.8. The van der Waals surface area contributed by atoms with E-state index in [1.54, 1.807) is 6.92 Å². The van der Waals surface area contributed by atoms with Crippen LogP contribution in [0.15, 0.2) is 24.7 Å². The summed E-state index contributed by atoms with van der Waals surface area (Å²) >= 11 is 0. The van der Waals surface area contributed by atoms with Crippen molar-refractivity contribution in [3.05, 3.63) is 36.3 Å². The predicted octanol–water partition coefficient (Wildman–Crippen LogP) is 2.74. The number of fused-ring (bicyclic) bond motifs is 1. The molecule has 3 heterocycles. The van der Waals surface area contributed by atoms with Gasteiger partial charge in [0.25, 0.3) is 0 Å². The minimum absolute atomic E-state index is 0.0690. The molecule has 0 bridgehead atoms. The van der Waals surface area contributed by atoms with Gasteiger partial charge in [0.05, 0.1) is 18.5 Å². The highest BCUT2D eigenvalue weighted by Crippen LogP contribution is 2.29. The predicted molar refractivity (Wildman–Crippen MR) is 70.1 cm³/mol. The number of hydrogen-bond acceptors (Lipinski definition) is 5. The average Bonchev–Trinajstić information content (AvgIpc) is 2.92. The quantitative estimate of drug-likeness (QED) is 0.692. The molecule has 0 fully saturated rings. The minimum atomic E-state index is -4.67. The molecule has 0 saturated heterocycles. The molecule has 0 atom stereocenters. The zero-order chi connectivity index (χ0) is 16.6. The molecule has 3 aromatic rings. The summed E-state index contributed by atoms with van der Waals surface area (Å²) in [6, 6.07) is 1.09. The number of alkyl halides is 3. The summed E-state index contributed by atoms with van der Waals surface area (Å²) in [5.41, 5.74) is 0.229. The van der Waals surface area contributed by atoms with E-state index >= 15 is 0 Å². The van der Waals surface area contributed by atoms with Gasteiger partial charge < -0.3 is 4.74 Å². The molecule has 0 aliphatic heterocycles. The third-order valence-corrected chi connectivity index (χ3v) is 2.93. The number of hydrogen-bond donors (Lipinski definition) is 0. The molecule has 3 rings (SSSR count). The molecular weight excluding hydrogens is 318 g/mol. The van der Waals surface area contributed by atoms with Crippen LogP contribution in [0.25, 0.3) is 16.9 Å². The standard InChI is InChI=1S/C13H9F4N5O/c1-2-23-11-8(14)3-7(4-19-11)9-6-22-10(5-18-9)20-21-12(22)13(15,16)17/h3-6H,2H2,1H3. The molecule has 10 heteroatoms. The Morgan fingerprint density at radius 2 is 1.96 bits per heavy atom. The van der Waals surface area contributed by atoms with E-state index in [-0.39, 0.29) is 29.4 Å². The number of pyridine rings is 1. The summed E-state index contributed by atoms with van der Waals surface area (Å²) in [7, 11) is 0. The monoisotopic (exact) mass is 327 g/mol. The fraction of sp³-hybridized carbons (Fsp3) is 0.231. The van der Waals surface area contributed by atoms with Crippen LogP contribution < -0.4 is 4.74 Å². The maximum absolute atomic E-state index is 13.8. The fourth-order valence-corrected chi connectivity index (χ4v) is 1.95. The molecular formula is C13H9F4N5O. The summed E-state index contributed by atoms with van der Waals surface area (Å²) < 4.78 is 58.1. The van der Waals surface area contributed by atoms with Gasteiger partial charge in [-0.1, -0.05) is 0 Å². The summed E-state index contributed by atoms with van der Waals surface area (Å²) in [4.78, 5) is 7.73. The number of halogens is 4. The van der Waals surface area contributed by atoms with Crippen LogP contribution in [0, 0.1) is 5.82 Å². The lowest BCUT2D eigenvalue weighted by molar-refractivity contribution is -0.145. The van der Waals surface area contributed by atoms with Gasteiger partial charge in [-0.2, -0.15) is 13.2 Å². The van der Waals surface area contributed by atoms with Crippen LogP contribution in [0.5, 0.6) is 5.88 Å². The van der Waals surface area contributed by atoms with Crippen LogP contribution in [0.3, 0.4) is 0 Å². The second kappa shape index (κ2) is 5.45. The Morgan fingerprint density at radius 1 is 1.17 bits per heavy atom. The van der Waals surface area contributed by atoms with E-state index in [1.165, 1.54) is 6.20 Å². The summed E-state index contributed by atoms with van der Waals surface area (Å²) in [6.45, 7) is 1.92.